The van der Waals surface area contributed by atoms with E-state index in [1.54, 1.807) is 12.1 Å². The number of hydrogen-bond donors (Lipinski definition) is 2. The number of hydrogen-bond acceptors (Lipinski definition) is 4. The van der Waals surface area contributed by atoms with Gasteiger partial charge in [0.15, 0.2) is 0 Å². The van der Waals surface area contributed by atoms with Crippen molar-refractivity contribution in [3.8, 4) is 0 Å². The highest BCUT2D eigenvalue weighted by Crippen LogP contribution is 2.21. The van der Waals surface area contributed by atoms with Crippen LogP contribution in [0.3, 0.4) is 0 Å². The van der Waals surface area contributed by atoms with Crippen molar-refractivity contribution >= 4 is 16.0 Å². The highest BCUT2D eigenvalue weighted by atomic mass is 32.2. The molecule has 0 amide bonds. The van der Waals surface area contributed by atoms with Crippen LogP contribution < -0.4 is 0 Å². The summed E-state index contributed by atoms with van der Waals surface area (Å²) in [6.45, 7) is 0.773. The quantitative estimate of drug-likeness (QED) is 0.843. The van der Waals surface area contributed by atoms with Gasteiger partial charge in [-0.15, -0.1) is 0 Å². The molecule has 0 saturated carbocycles. The summed E-state index contributed by atoms with van der Waals surface area (Å²) in [5.74, 6) is -1.31. The molecule has 1 unspecified atom stereocenters. The average Bonchev–Trinajstić information content (AvgIpc) is 2.47. The number of sulfonamides is 1. The van der Waals surface area contributed by atoms with Crippen molar-refractivity contribution in [2.45, 2.75) is 18.6 Å². The molecule has 1 aromatic carbocycles. The van der Waals surface area contributed by atoms with Crippen LogP contribution in [0.2, 0.25) is 0 Å². The molecule has 1 fully saturated rings. The molecule has 21 heavy (non-hydrogen) atoms. The van der Waals surface area contributed by atoms with E-state index in [0.29, 0.717) is 18.7 Å². The predicted octanol–water partition coefficient (Wildman–Crippen LogP) is 0.919. The van der Waals surface area contributed by atoms with Crippen LogP contribution in [0.15, 0.2) is 24.3 Å². The molecule has 0 aromatic heterocycles. The van der Waals surface area contributed by atoms with E-state index in [1.807, 2.05) is 0 Å². The van der Waals surface area contributed by atoms with Crippen molar-refractivity contribution in [3.05, 3.63) is 35.4 Å². The predicted molar refractivity (Wildman–Crippen MR) is 77.4 cm³/mol. The van der Waals surface area contributed by atoms with Crippen LogP contribution in [-0.4, -0.2) is 48.6 Å². The maximum atomic E-state index is 12.4. The number of nitrogens with zero attached hydrogens (tertiary/aromatic N) is 1. The van der Waals surface area contributed by atoms with Crippen LogP contribution in [0, 0.1) is 5.92 Å². The van der Waals surface area contributed by atoms with Gasteiger partial charge >= 0.3 is 5.97 Å². The normalized spacial score (nSPS) is 20.3. The number of aliphatic hydroxyl groups is 1. The average molecular weight is 313 g/mol. The summed E-state index contributed by atoms with van der Waals surface area (Å²) < 4.78 is 26.2. The number of aromatic carboxylic acids is 1. The lowest BCUT2D eigenvalue weighted by molar-refractivity contribution is 0.0696. The number of piperidine rings is 1. The van der Waals surface area contributed by atoms with Crippen LogP contribution in [0.4, 0.5) is 0 Å². The molecule has 1 aliphatic rings. The van der Waals surface area contributed by atoms with Crippen LogP contribution in [-0.2, 0) is 15.8 Å². The second kappa shape index (κ2) is 6.55. The van der Waals surface area contributed by atoms with Crippen molar-refractivity contribution in [2.75, 3.05) is 19.7 Å². The van der Waals surface area contributed by atoms with Crippen LogP contribution >= 0.6 is 0 Å². The molecular formula is C14H19NO5S. The fraction of sp³-hybridized carbons (Fsp3) is 0.500. The Morgan fingerprint density at radius 2 is 2.14 bits per heavy atom. The van der Waals surface area contributed by atoms with Gasteiger partial charge in [0.2, 0.25) is 10.0 Å². The molecule has 7 heteroatoms. The Balaban J connectivity index is 2.13. The standard InChI is InChI=1S/C14H19NO5S/c16-9-12-4-2-6-15(8-12)21(19,20)10-11-3-1-5-13(7-11)14(17)18/h1,3,5,7,12,16H,2,4,6,8-10H2,(H,17,18). The molecule has 1 atom stereocenters. The monoisotopic (exact) mass is 313 g/mol. The van der Waals surface area contributed by atoms with Gasteiger partial charge in [0, 0.05) is 19.7 Å². The van der Waals surface area contributed by atoms with E-state index < -0.39 is 16.0 Å². The molecule has 1 aliphatic heterocycles. The third kappa shape index (κ3) is 4.03. The molecule has 0 aliphatic carbocycles. The molecule has 1 heterocycles. The van der Waals surface area contributed by atoms with Crippen molar-refractivity contribution < 1.29 is 23.4 Å². The zero-order valence-electron chi connectivity index (χ0n) is 11.6. The zero-order valence-corrected chi connectivity index (χ0v) is 12.4. The first-order valence-electron chi connectivity index (χ1n) is 6.83. The van der Waals surface area contributed by atoms with Gasteiger partial charge in [-0.05, 0) is 36.5 Å². The van der Waals surface area contributed by atoms with Crippen LogP contribution in [0.1, 0.15) is 28.8 Å². The van der Waals surface area contributed by atoms with E-state index >= 15 is 0 Å². The summed E-state index contributed by atoms with van der Waals surface area (Å²) >= 11 is 0. The summed E-state index contributed by atoms with van der Waals surface area (Å²) in [6.07, 6.45) is 1.57. The molecule has 2 N–H and O–H groups in total. The van der Waals surface area contributed by atoms with E-state index in [-0.39, 0.29) is 23.8 Å². The number of rotatable bonds is 5. The number of benzene rings is 1. The van der Waals surface area contributed by atoms with Gasteiger partial charge in [-0.1, -0.05) is 12.1 Å². The Labute approximate surface area is 124 Å². The Morgan fingerprint density at radius 1 is 1.38 bits per heavy atom. The van der Waals surface area contributed by atoms with Crippen LogP contribution in [0.25, 0.3) is 0 Å². The lowest BCUT2D eigenvalue weighted by Gasteiger charge is -2.31. The fourth-order valence-corrected chi connectivity index (χ4v) is 4.15. The van der Waals surface area contributed by atoms with Crippen LogP contribution in [0.5, 0.6) is 0 Å². The zero-order chi connectivity index (χ0) is 15.5. The third-order valence-corrected chi connectivity index (χ3v) is 5.47. The van der Waals surface area contributed by atoms with E-state index in [9.17, 15) is 18.3 Å². The topological polar surface area (TPSA) is 94.9 Å². The minimum absolute atomic E-state index is 0.0134. The van der Waals surface area contributed by atoms with Gasteiger partial charge in [-0.25, -0.2) is 17.5 Å². The highest BCUT2D eigenvalue weighted by molar-refractivity contribution is 7.88. The highest BCUT2D eigenvalue weighted by Gasteiger charge is 2.28. The van der Waals surface area contributed by atoms with Crippen molar-refractivity contribution in [1.82, 2.24) is 4.31 Å². The van der Waals surface area contributed by atoms with E-state index in [1.165, 1.54) is 16.4 Å². The smallest absolute Gasteiger partial charge is 0.335 e. The Morgan fingerprint density at radius 3 is 2.81 bits per heavy atom. The maximum Gasteiger partial charge on any atom is 0.335 e. The largest absolute Gasteiger partial charge is 0.478 e. The van der Waals surface area contributed by atoms with Crippen molar-refractivity contribution in [2.24, 2.45) is 5.92 Å². The Kier molecular flexibility index (Phi) is 4.97. The van der Waals surface area contributed by atoms with E-state index in [2.05, 4.69) is 0 Å². The second-order valence-corrected chi connectivity index (χ2v) is 7.28. The first kappa shape index (κ1) is 15.9. The molecule has 0 spiro atoms. The lowest BCUT2D eigenvalue weighted by atomic mass is 10.0. The number of carboxylic acid groups (broad SMARTS) is 1. The number of carbonyl (C=O) groups is 1. The minimum atomic E-state index is -3.49. The lowest BCUT2D eigenvalue weighted by Crippen LogP contribution is -2.41. The van der Waals surface area contributed by atoms with Gasteiger partial charge in [0.05, 0.1) is 11.3 Å². The van der Waals surface area contributed by atoms with E-state index in [0.717, 1.165) is 12.8 Å². The minimum Gasteiger partial charge on any atom is -0.478 e. The van der Waals surface area contributed by atoms with Gasteiger partial charge in [0.1, 0.15) is 0 Å². The molecule has 2 rings (SSSR count). The molecular weight excluding hydrogens is 294 g/mol. The Bertz CT molecular complexity index is 614. The number of carboxylic acids is 1. The molecule has 1 saturated heterocycles. The Hall–Kier alpha value is -1.44. The summed E-state index contributed by atoms with van der Waals surface area (Å²) in [4.78, 5) is 10.9. The van der Waals surface area contributed by atoms with Gasteiger partial charge in [-0.3, -0.25) is 0 Å². The summed E-state index contributed by atoms with van der Waals surface area (Å²) in [5.41, 5.74) is 0.538. The van der Waals surface area contributed by atoms with Gasteiger partial charge < -0.3 is 10.2 Å². The van der Waals surface area contributed by atoms with Crippen molar-refractivity contribution in [3.63, 3.8) is 0 Å². The first-order chi connectivity index (χ1) is 9.92. The summed E-state index contributed by atoms with van der Waals surface area (Å²) in [6, 6.07) is 5.97. The molecule has 0 bridgehead atoms. The first-order valence-corrected chi connectivity index (χ1v) is 8.44. The summed E-state index contributed by atoms with van der Waals surface area (Å²) in [5, 5.41) is 18.1. The SMILES string of the molecule is O=C(O)c1cccc(CS(=O)(=O)N2CCCC(CO)C2)c1. The summed E-state index contributed by atoms with van der Waals surface area (Å²) in [7, 11) is -3.49. The molecule has 0 radical (unpaired) electrons. The van der Waals surface area contributed by atoms with Crippen molar-refractivity contribution in [1.29, 1.82) is 0 Å². The fourth-order valence-electron chi connectivity index (χ4n) is 2.52. The second-order valence-electron chi connectivity index (χ2n) is 5.31. The molecule has 6 nitrogen and oxygen atoms in total. The molecule has 1 aromatic rings. The van der Waals surface area contributed by atoms with E-state index in [4.69, 9.17) is 5.11 Å². The maximum absolute atomic E-state index is 12.4. The van der Waals surface area contributed by atoms with Gasteiger partial charge in [0.25, 0.3) is 0 Å². The van der Waals surface area contributed by atoms with Gasteiger partial charge in [-0.2, -0.15) is 0 Å². The molecule has 116 valence electrons. The third-order valence-electron chi connectivity index (χ3n) is 3.66. The number of aliphatic hydroxyl groups excluding tert-OH is 1.